The van der Waals surface area contributed by atoms with Gasteiger partial charge in [-0.3, -0.25) is 0 Å². The van der Waals surface area contributed by atoms with Crippen LogP contribution in [0.1, 0.15) is 22.3 Å². The Morgan fingerprint density at radius 3 is 2.57 bits per heavy atom. The number of phenols is 1. The third kappa shape index (κ3) is 6.19. The summed E-state index contributed by atoms with van der Waals surface area (Å²) in [5.74, 6) is -1.72. The monoisotopic (exact) mass is 325 g/mol. The van der Waals surface area contributed by atoms with E-state index in [2.05, 4.69) is 17.4 Å². The Balaban J connectivity index is 0.00000264. The number of carboxylic acid groups (broad SMARTS) is 1. The van der Waals surface area contributed by atoms with Gasteiger partial charge in [-0.1, -0.05) is 30.3 Å². The molecule has 0 fully saturated rings. The maximum Gasteiger partial charge on any atom is 1.00 e. The number of carboxylic acids is 1. The van der Waals surface area contributed by atoms with Gasteiger partial charge < -0.3 is 20.3 Å². The van der Waals surface area contributed by atoms with Gasteiger partial charge in [0, 0.05) is 17.8 Å². The van der Waals surface area contributed by atoms with Crippen LogP contribution >= 0.6 is 11.6 Å². The van der Waals surface area contributed by atoms with Gasteiger partial charge in [-0.25, -0.2) is 0 Å². The molecule has 6 heteroatoms. The molecule has 1 unspecified atom stereocenters. The minimum absolute atomic E-state index is 0. The fourth-order valence-corrected chi connectivity index (χ4v) is 2.29. The molecule has 2 N–H and O–H groups in total. The van der Waals surface area contributed by atoms with Crippen molar-refractivity contribution in [2.45, 2.75) is 18.2 Å². The van der Waals surface area contributed by atoms with Crippen LogP contribution in [0.15, 0.2) is 48.5 Å². The Hall–Kier alpha value is -1.60. The van der Waals surface area contributed by atoms with E-state index in [9.17, 15) is 15.0 Å². The minimum atomic E-state index is -1.41. The Labute approximate surface area is 152 Å². The van der Waals surface area contributed by atoms with E-state index in [1.165, 1.54) is 17.7 Å². The van der Waals surface area contributed by atoms with Crippen molar-refractivity contribution in [1.29, 1.82) is 0 Å². The fourth-order valence-electron chi connectivity index (χ4n) is 2.11. The number of carbonyl (C=O) groups excluding carboxylic acids is 1. The average Bonchev–Trinajstić information content (AvgIpc) is 2.53. The van der Waals surface area contributed by atoms with E-state index >= 15 is 0 Å². The number of benzene rings is 2. The zero-order valence-electron chi connectivity index (χ0n) is 13.0. The summed E-state index contributed by atoms with van der Waals surface area (Å²) in [5.41, 5.74) is 1.58. The van der Waals surface area contributed by atoms with Gasteiger partial charge in [0.15, 0.2) is 0 Å². The number of anilines is 1. The second-order valence-corrected chi connectivity index (χ2v) is 5.64. The van der Waals surface area contributed by atoms with E-state index in [0.717, 1.165) is 12.8 Å². The van der Waals surface area contributed by atoms with E-state index < -0.39 is 5.97 Å². The summed E-state index contributed by atoms with van der Waals surface area (Å²) in [4.78, 5) is 10.8. The quantitative estimate of drug-likeness (QED) is 0.405. The van der Waals surface area contributed by atoms with Crippen molar-refractivity contribution in [3.05, 3.63) is 59.7 Å². The Bertz CT molecular complexity index is 637. The molecule has 116 valence electrons. The van der Waals surface area contributed by atoms with Crippen LogP contribution in [0.25, 0.3) is 0 Å². The maximum atomic E-state index is 10.8. The summed E-state index contributed by atoms with van der Waals surface area (Å²) >= 11 is 6.27. The number of aromatic hydroxyl groups is 1. The van der Waals surface area contributed by atoms with Crippen LogP contribution < -0.4 is 29.3 Å². The van der Waals surface area contributed by atoms with E-state index in [0.29, 0.717) is 12.2 Å². The van der Waals surface area contributed by atoms with Crippen LogP contribution in [0.3, 0.4) is 0 Å². The van der Waals surface area contributed by atoms with Gasteiger partial charge in [0.05, 0.1) is 11.3 Å². The molecule has 0 heterocycles. The van der Waals surface area contributed by atoms with Gasteiger partial charge in [-0.15, -0.1) is 11.6 Å². The van der Waals surface area contributed by atoms with Gasteiger partial charge >= 0.3 is 18.9 Å². The zero-order valence-corrected chi connectivity index (χ0v) is 13.7. The summed E-state index contributed by atoms with van der Waals surface area (Å²) in [7, 11) is 0. The topological polar surface area (TPSA) is 72.4 Å². The van der Waals surface area contributed by atoms with Crippen molar-refractivity contribution in [2.75, 3.05) is 11.9 Å². The molecule has 0 aliphatic rings. The summed E-state index contributed by atoms with van der Waals surface area (Å²) in [6.45, 7) is 0.506. The molecular weight excluding hydrogens is 309 g/mol. The molecule has 23 heavy (non-hydrogen) atoms. The van der Waals surface area contributed by atoms with Crippen LogP contribution in [0.5, 0.6) is 5.75 Å². The molecule has 0 aliphatic heterocycles. The minimum Gasteiger partial charge on any atom is -0.545 e. The molecule has 2 aromatic rings. The largest absolute Gasteiger partial charge is 1.00 e. The first-order chi connectivity index (χ1) is 10.6. The first kappa shape index (κ1) is 19.4. The molecule has 2 rings (SSSR count). The number of rotatable bonds is 7. The molecule has 0 amide bonds. The van der Waals surface area contributed by atoms with Crippen molar-refractivity contribution in [3.63, 3.8) is 0 Å². The smallest absolute Gasteiger partial charge is 0.545 e. The number of aromatic carboxylic acids is 1. The second kappa shape index (κ2) is 9.52. The third-order valence-electron chi connectivity index (χ3n) is 3.33. The molecule has 0 spiro atoms. The van der Waals surface area contributed by atoms with Gasteiger partial charge in [0.2, 0.25) is 0 Å². The van der Waals surface area contributed by atoms with Gasteiger partial charge in [0.1, 0.15) is 5.75 Å². The van der Waals surface area contributed by atoms with Crippen molar-refractivity contribution in [3.8, 4) is 5.75 Å². The molecule has 0 radical (unpaired) electrons. The maximum absolute atomic E-state index is 10.8. The number of hydrogen-bond acceptors (Lipinski definition) is 4. The third-order valence-corrected chi connectivity index (χ3v) is 3.71. The molecule has 0 bridgehead atoms. The van der Waals surface area contributed by atoms with Gasteiger partial charge in [-0.2, -0.15) is 0 Å². The number of nitrogens with one attached hydrogen (secondary N) is 1. The predicted molar refractivity (Wildman–Crippen MR) is 85.3 cm³/mol. The van der Waals surface area contributed by atoms with Crippen LogP contribution in [0, 0.1) is 0 Å². The van der Waals surface area contributed by atoms with Crippen molar-refractivity contribution in [1.82, 2.24) is 0 Å². The molecule has 1 atom stereocenters. The average molecular weight is 326 g/mol. The first-order valence-electron chi connectivity index (χ1n) is 7.02. The normalized spacial score (nSPS) is 11.3. The Morgan fingerprint density at radius 2 is 1.91 bits per heavy atom. The molecule has 0 saturated carbocycles. The molecule has 2 aromatic carbocycles. The predicted octanol–water partition coefficient (Wildman–Crippen LogP) is -0.588. The van der Waals surface area contributed by atoms with E-state index in [1.54, 1.807) is 6.07 Å². The second-order valence-electron chi connectivity index (χ2n) is 5.02. The zero-order chi connectivity index (χ0) is 15.9. The summed E-state index contributed by atoms with van der Waals surface area (Å²) in [6, 6.07) is 14.3. The van der Waals surface area contributed by atoms with E-state index in [4.69, 9.17) is 11.6 Å². The van der Waals surface area contributed by atoms with Crippen molar-refractivity contribution >= 4 is 23.3 Å². The molecular formula is C17H17ClLiNO3. The SMILES string of the molecule is O=C([O-])c1cc(NCC(Cl)CCc2ccccc2)ccc1O.[Li+]. The standard InChI is InChI=1S/C17H18ClNO3.Li/c18-13(7-6-12-4-2-1-3-5-12)11-19-14-8-9-16(20)15(10-14)17(21)22;/h1-5,8-10,13,19-20H,6-7,11H2,(H,21,22);/q;+1/p-1. The number of hydrogen-bond donors (Lipinski definition) is 2. The van der Waals surface area contributed by atoms with Crippen LogP contribution in [-0.2, 0) is 6.42 Å². The van der Waals surface area contributed by atoms with Crippen LogP contribution in [0.4, 0.5) is 5.69 Å². The number of alkyl halides is 1. The fraction of sp³-hybridized carbons (Fsp3) is 0.235. The van der Waals surface area contributed by atoms with Gasteiger partial charge in [-0.05, 0) is 36.6 Å². The van der Waals surface area contributed by atoms with Crippen LogP contribution in [0.2, 0.25) is 0 Å². The molecule has 4 nitrogen and oxygen atoms in total. The summed E-state index contributed by atoms with van der Waals surface area (Å²) in [5, 5.41) is 23.3. The molecule has 0 saturated heterocycles. The van der Waals surface area contributed by atoms with Crippen LogP contribution in [-0.4, -0.2) is 23.0 Å². The first-order valence-corrected chi connectivity index (χ1v) is 7.46. The van der Waals surface area contributed by atoms with E-state index in [1.807, 2.05) is 18.2 Å². The molecule has 0 aliphatic carbocycles. The number of aryl methyl sites for hydroxylation is 1. The Morgan fingerprint density at radius 1 is 1.22 bits per heavy atom. The van der Waals surface area contributed by atoms with Crippen molar-refractivity contribution < 1.29 is 33.9 Å². The summed E-state index contributed by atoms with van der Waals surface area (Å²) in [6.07, 6.45) is 1.69. The van der Waals surface area contributed by atoms with E-state index in [-0.39, 0.29) is 35.6 Å². The molecule has 0 aromatic heterocycles. The Kier molecular flexibility index (Phi) is 8.05. The summed E-state index contributed by atoms with van der Waals surface area (Å²) < 4.78 is 0. The van der Waals surface area contributed by atoms with Crippen molar-refractivity contribution in [2.24, 2.45) is 0 Å². The number of halogens is 1. The van der Waals surface area contributed by atoms with Gasteiger partial charge in [0.25, 0.3) is 0 Å². The number of carbonyl (C=O) groups is 1.